The minimum absolute atomic E-state index is 0.0266. The zero-order valence-corrected chi connectivity index (χ0v) is 14.4. The molecule has 7 heteroatoms. The Bertz CT molecular complexity index is 676. The molecule has 0 bridgehead atoms. The predicted molar refractivity (Wildman–Crippen MR) is 95.1 cm³/mol. The minimum Gasteiger partial charge on any atom is -0.379 e. The summed E-state index contributed by atoms with van der Waals surface area (Å²) in [4.78, 5) is 23.0. The maximum Gasteiger partial charge on any atom is 0.230 e. The van der Waals surface area contributed by atoms with Gasteiger partial charge < -0.3 is 10.1 Å². The van der Waals surface area contributed by atoms with E-state index in [1.54, 1.807) is 6.20 Å². The smallest absolute Gasteiger partial charge is 0.230 e. The zero-order chi connectivity index (χ0) is 16.6. The second-order valence-electron chi connectivity index (χ2n) is 5.66. The zero-order valence-electron chi connectivity index (χ0n) is 13.6. The van der Waals surface area contributed by atoms with Crippen LogP contribution in [0.3, 0.4) is 0 Å². The summed E-state index contributed by atoms with van der Waals surface area (Å²) in [6.45, 7) is 5.32. The molecule has 0 spiro atoms. The molecule has 1 saturated heterocycles. The lowest BCUT2D eigenvalue weighted by molar-refractivity contribution is -0.118. The quantitative estimate of drug-likeness (QED) is 0.466. The number of benzene rings is 1. The minimum atomic E-state index is 0.0266. The van der Waals surface area contributed by atoms with Gasteiger partial charge >= 0.3 is 0 Å². The molecule has 0 aliphatic carbocycles. The number of aromatic nitrogens is 2. The average Bonchev–Trinajstić information content (AvgIpc) is 2.64. The van der Waals surface area contributed by atoms with E-state index in [0.29, 0.717) is 17.5 Å². The number of thioether (sulfide) groups is 1. The molecule has 6 nitrogen and oxygen atoms in total. The number of para-hydroxylation sites is 1. The third-order valence-electron chi connectivity index (χ3n) is 3.88. The van der Waals surface area contributed by atoms with Crippen molar-refractivity contribution in [3.05, 3.63) is 30.5 Å². The second kappa shape index (κ2) is 8.96. The summed E-state index contributed by atoms with van der Waals surface area (Å²) >= 11 is 1.37. The van der Waals surface area contributed by atoms with Gasteiger partial charge in [0.25, 0.3) is 0 Å². The van der Waals surface area contributed by atoms with Crippen LogP contribution in [0.25, 0.3) is 10.9 Å². The Morgan fingerprint density at radius 3 is 3.00 bits per heavy atom. The van der Waals surface area contributed by atoms with Crippen LogP contribution in [0.2, 0.25) is 0 Å². The molecular formula is C17H22N4O2S. The Morgan fingerprint density at radius 1 is 1.29 bits per heavy atom. The van der Waals surface area contributed by atoms with E-state index < -0.39 is 0 Å². The number of fused-ring (bicyclic) bond motifs is 1. The number of nitrogens with zero attached hydrogens (tertiary/aromatic N) is 3. The van der Waals surface area contributed by atoms with Crippen LogP contribution in [0.5, 0.6) is 0 Å². The van der Waals surface area contributed by atoms with E-state index >= 15 is 0 Å². The van der Waals surface area contributed by atoms with Crippen molar-refractivity contribution in [2.45, 2.75) is 11.6 Å². The molecule has 24 heavy (non-hydrogen) atoms. The first kappa shape index (κ1) is 17.1. The predicted octanol–water partition coefficient (Wildman–Crippen LogP) is 1.56. The highest BCUT2D eigenvalue weighted by atomic mass is 32.2. The lowest BCUT2D eigenvalue weighted by atomic mass is 10.2. The SMILES string of the molecule is O=C(CSc1ncc2ccccc2n1)NCCCN1CCOCC1. The van der Waals surface area contributed by atoms with Gasteiger partial charge in [0.1, 0.15) is 0 Å². The summed E-state index contributed by atoms with van der Waals surface area (Å²) in [5.41, 5.74) is 0.904. The van der Waals surface area contributed by atoms with Crippen LogP contribution in [-0.2, 0) is 9.53 Å². The Morgan fingerprint density at radius 2 is 2.12 bits per heavy atom. The van der Waals surface area contributed by atoms with Crippen LogP contribution in [-0.4, -0.2) is 65.9 Å². The van der Waals surface area contributed by atoms with E-state index in [1.165, 1.54) is 11.8 Å². The Hall–Kier alpha value is -1.70. The number of morpholine rings is 1. The Balaban J connectivity index is 1.35. The summed E-state index contributed by atoms with van der Waals surface area (Å²) in [5.74, 6) is 0.370. The van der Waals surface area contributed by atoms with Crippen molar-refractivity contribution in [1.29, 1.82) is 0 Å². The monoisotopic (exact) mass is 346 g/mol. The molecule has 1 N–H and O–H groups in total. The van der Waals surface area contributed by atoms with Crippen LogP contribution in [0.4, 0.5) is 0 Å². The number of nitrogens with one attached hydrogen (secondary N) is 1. The molecule has 0 radical (unpaired) electrons. The molecule has 2 heterocycles. The number of carbonyl (C=O) groups is 1. The van der Waals surface area contributed by atoms with Gasteiger partial charge in [-0.15, -0.1) is 0 Å². The second-order valence-corrected chi connectivity index (χ2v) is 6.60. The van der Waals surface area contributed by atoms with Crippen molar-refractivity contribution < 1.29 is 9.53 Å². The molecule has 128 valence electrons. The van der Waals surface area contributed by atoms with E-state index in [2.05, 4.69) is 20.2 Å². The first-order valence-corrected chi connectivity index (χ1v) is 9.21. The molecule has 1 aromatic heterocycles. The molecule has 1 aliphatic rings. The van der Waals surface area contributed by atoms with Crippen molar-refractivity contribution in [2.24, 2.45) is 0 Å². The van der Waals surface area contributed by atoms with Crippen molar-refractivity contribution in [3.63, 3.8) is 0 Å². The molecule has 1 aromatic carbocycles. The van der Waals surface area contributed by atoms with E-state index in [9.17, 15) is 4.79 Å². The topological polar surface area (TPSA) is 67.4 Å². The molecule has 0 unspecified atom stereocenters. The van der Waals surface area contributed by atoms with Crippen LogP contribution in [0.15, 0.2) is 35.6 Å². The summed E-state index contributed by atoms with van der Waals surface area (Å²) < 4.78 is 5.32. The summed E-state index contributed by atoms with van der Waals surface area (Å²) in [5, 5.41) is 4.60. The number of carbonyl (C=O) groups excluding carboxylic acids is 1. The average molecular weight is 346 g/mol. The maximum absolute atomic E-state index is 11.9. The van der Waals surface area contributed by atoms with Gasteiger partial charge in [0, 0.05) is 31.2 Å². The van der Waals surface area contributed by atoms with Gasteiger partial charge in [-0.2, -0.15) is 0 Å². The van der Waals surface area contributed by atoms with Crippen molar-refractivity contribution >= 4 is 28.6 Å². The molecule has 1 aliphatic heterocycles. The summed E-state index contributed by atoms with van der Waals surface area (Å²) in [7, 11) is 0. The highest BCUT2D eigenvalue weighted by molar-refractivity contribution is 7.99. The number of amides is 1. The lowest BCUT2D eigenvalue weighted by Crippen LogP contribution is -2.38. The van der Waals surface area contributed by atoms with Gasteiger partial charge in [-0.25, -0.2) is 9.97 Å². The van der Waals surface area contributed by atoms with E-state index in [4.69, 9.17) is 4.74 Å². The summed E-state index contributed by atoms with van der Waals surface area (Å²) in [6.07, 6.45) is 2.76. The highest BCUT2D eigenvalue weighted by Gasteiger charge is 2.10. The number of ether oxygens (including phenoxy) is 1. The van der Waals surface area contributed by atoms with E-state index in [-0.39, 0.29) is 5.91 Å². The number of rotatable bonds is 7. The molecular weight excluding hydrogens is 324 g/mol. The van der Waals surface area contributed by atoms with Gasteiger partial charge in [0.05, 0.1) is 24.5 Å². The first-order valence-electron chi connectivity index (χ1n) is 8.23. The normalized spacial score (nSPS) is 15.5. The maximum atomic E-state index is 11.9. The van der Waals surface area contributed by atoms with E-state index in [0.717, 1.165) is 50.2 Å². The van der Waals surface area contributed by atoms with Gasteiger partial charge in [0.2, 0.25) is 5.91 Å². The molecule has 1 amide bonds. The number of hydrogen-bond donors (Lipinski definition) is 1. The fourth-order valence-corrected chi connectivity index (χ4v) is 3.21. The molecule has 0 saturated carbocycles. The van der Waals surface area contributed by atoms with Gasteiger partial charge in [-0.05, 0) is 19.0 Å². The number of hydrogen-bond acceptors (Lipinski definition) is 6. The van der Waals surface area contributed by atoms with Crippen molar-refractivity contribution in [3.8, 4) is 0 Å². The van der Waals surface area contributed by atoms with Crippen LogP contribution < -0.4 is 5.32 Å². The first-order chi connectivity index (χ1) is 11.8. The van der Waals surface area contributed by atoms with Crippen LogP contribution in [0.1, 0.15) is 6.42 Å². The van der Waals surface area contributed by atoms with Crippen molar-refractivity contribution in [1.82, 2.24) is 20.2 Å². The van der Waals surface area contributed by atoms with Gasteiger partial charge in [-0.3, -0.25) is 9.69 Å². The molecule has 3 rings (SSSR count). The van der Waals surface area contributed by atoms with E-state index in [1.807, 2.05) is 24.3 Å². The fourth-order valence-electron chi connectivity index (χ4n) is 2.56. The summed E-state index contributed by atoms with van der Waals surface area (Å²) in [6, 6.07) is 7.84. The third kappa shape index (κ3) is 5.15. The highest BCUT2D eigenvalue weighted by Crippen LogP contribution is 2.16. The van der Waals surface area contributed by atoms with Crippen LogP contribution >= 0.6 is 11.8 Å². The third-order valence-corrected chi connectivity index (χ3v) is 4.74. The molecule has 0 atom stereocenters. The molecule has 2 aromatic rings. The fraction of sp³-hybridized carbons (Fsp3) is 0.471. The van der Waals surface area contributed by atoms with Crippen LogP contribution in [0, 0.1) is 0 Å². The standard InChI is InChI=1S/C17H22N4O2S/c22-16(18-6-3-7-21-8-10-23-11-9-21)13-24-17-19-12-14-4-1-2-5-15(14)20-17/h1-2,4-5,12H,3,6-11,13H2,(H,18,22). The molecule has 1 fully saturated rings. The Kier molecular flexibility index (Phi) is 6.40. The Labute approximate surface area is 146 Å². The van der Waals surface area contributed by atoms with Crippen molar-refractivity contribution in [2.75, 3.05) is 45.1 Å². The van der Waals surface area contributed by atoms with Gasteiger partial charge in [0.15, 0.2) is 5.16 Å². The van der Waals surface area contributed by atoms with Gasteiger partial charge in [-0.1, -0.05) is 30.0 Å². The largest absolute Gasteiger partial charge is 0.379 e. The lowest BCUT2D eigenvalue weighted by Gasteiger charge is -2.26.